The first-order valence-electron chi connectivity index (χ1n) is 8.01. The van der Waals surface area contributed by atoms with Crippen molar-refractivity contribution in [3.63, 3.8) is 0 Å². The Labute approximate surface area is 151 Å². The van der Waals surface area contributed by atoms with Crippen molar-refractivity contribution >= 4 is 28.7 Å². The van der Waals surface area contributed by atoms with Crippen LogP contribution in [0.25, 0.3) is 17.1 Å². The van der Waals surface area contributed by atoms with Crippen LogP contribution in [-0.4, -0.2) is 11.2 Å². The summed E-state index contributed by atoms with van der Waals surface area (Å²) in [5.74, 6) is 3.32. The van der Waals surface area contributed by atoms with Crippen molar-refractivity contribution in [1.82, 2.24) is 4.57 Å². The van der Waals surface area contributed by atoms with Crippen LogP contribution in [0.2, 0.25) is 5.02 Å². The van der Waals surface area contributed by atoms with Gasteiger partial charge in [-0.3, -0.25) is 0 Å². The smallest absolute Gasteiger partial charge is 0.242 e. The molecular weight excluding hydrogens is 334 g/mol. The largest absolute Gasteiger partial charge is 0.461 e. The van der Waals surface area contributed by atoms with Crippen LogP contribution in [-0.2, 0) is 15.9 Å². The predicted molar refractivity (Wildman–Crippen MR) is 100.0 cm³/mol. The molecule has 0 spiro atoms. The summed E-state index contributed by atoms with van der Waals surface area (Å²) in [6.45, 7) is 0.195. The highest BCUT2D eigenvalue weighted by atomic mass is 35.5. The quantitative estimate of drug-likeness (QED) is 0.618. The lowest BCUT2D eigenvalue weighted by molar-refractivity contribution is -0.117. The third-order valence-corrected chi connectivity index (χ3v) is 4.41. The Morgan fingerprint density at radius 2 is 1.96 bits per heavy atom. The Balaban J connectivity index is 1.73. The maximum atomic E-state index is 6.07. The fourth-order valence-electron chi connectivity index (χ4n) is 3.03. The predicted octanol–water partition coefficient (Wildman–Crippen LogP) is 5.01. The van der Waals surface area contributed by atoms with E-state index in [1.54, 1.807) is 0 Å². The Kier molecular flexibility index (Phi) is 4.23. The van der Waals surface area contributed by atoms with Gasteiger partial charge >= 0.3 is 0 Å². The molecule has 0 fully saturated rings. The lowest BCUT2D eigenvalue weighted by atomic mass is 10.1. The van der Waals surface area contributed by atoms with Crippen molar-refractivity contribution in [2.24, 2.45) is 0 Å². The molecule has 124 valence electrons. The zero-order chi connectivity index (χ0) is 17.2. The van der Waals surface area contributed by atoms with Gasteiger partial charge in [0.05, 0.1) is 11.2 Å². The topological polar surface area (TPSA) is 23.4 Å². The summed E-state index contributed by atoms with van der Waals surface area (Å²) in [5.41, 5.74) is 3.17. The Morgan fingerprint density at radius 3 is 2.76 bits per heavy atom. The molecule has 1 aliphatic heterocycles. The number of hydrogen-bond acceptors (Lipinski definition) is 2. The number of terminal acetylenes is 1. The molecule has 3 aromatic rings. The Morgan fingerprint density at radius 1 is 1.16 bits per heavy atom. The molecule has 2 aromatic carbocycles. The van der Waals surface area contributed by atoms with Gasteiger partial charge < -0.3 is 14.0 Å². The summed E-state index contributed by atoms with van der Waals surface area (Å²) >= 11 is 5.96. The van der Waals surface area contributed by atoms with Gasteiger partial charge in [0, 0.05) is 23.0 Å². The lowest BCUT2D eigenvalue weighted by Crippen LogP contribution is -2.18. The number of hydrogen-bond donors (Lipinski definition) is 0. The molecule has 2 heterocycles. The van der Waals surface area contributed by atoms with Crippen molar-refractivity contribution in [3.05, 3.63) is 76.6 Å². The minimum absolute atomic E-state index is 0.195. The lowest BCUT2D eigenvalue weighted by Gasteiger charge is -2.26. The van der Waals surface area contributed by atoms with Crippen LogP contribution in [0.5, 0.6) is 0 Å². The van der Waals surface area contributed by atoms with E-state index in [0.717, 1.165) is 32.9 Å². The van der Waals surface area contributed by atoms with E-state index in [4.69, 9.17) is 27.5 Å². The van der Waals surface area contributed by atoms with E-state index in [9.17, 15) is 0 Å². The number of nitrogens with zero attached hydrogens (tertiary/aromatic N) is 1. The molecular formula is C21H16ClNO2. The van der Waals surface area contributed by atoms with Gasteiger partial charge in [-0.05, 0) is 29.8 Å². The number of ether oxygens (including phenoxy) is 2. The maximum Gasteiger partial charge on any atom is 0.242 e. The standard InChI is InChI=1S/C21H16ClNO2/c1-2-11-24-21-20-13-16-5-3-4-6-19(16)23(20)14-18(25-21)12-15-7-9-17(22)10-8-15/h1,3-10,13-14,21H,11-12H2. The number of para-hydroxylation sites is 1. The van der Waals surface area contributed by atoms with Gasteiger partial charge in [0.15, 0.2) is 0 Å². The highest BCUT2D eigenvalue weighted by Gasteiger charge is 2.25. The van der Waals surface area contributed by atoms with Gasteiger partial charge in [-0.2, -0.15) is 0 Å². The molecule has 0 saturated heterocycles. The summed E-state index contributed by atoms with van der Waals surface area (Å²) in [5, 5.41) is 1.86. The Hall–Kier alpha value is -2.67. The fraction of sp³-hybridized carbons (Fsp3) is 0.143. The summed E-state index contributed by atoms with van der Waals surface area (Å²) in [6.07, 6.45) is 7.50. The second kappa shape index (κ2) is 6.68. The molecule has 1 aliphatic rings. The molecule has 1 unspecified atom stereocenters. The molecule has 0 radical (unpaired) electrons. The average molecular weight is 350 g/mol. The highest BCUT2D eigenvalue weighted by molar-refractivity contribution is 6.30. The number of aromatic nitrogens is 1. The first-order valence-corrected chi connectivity index (χ1v) is 8.39. The van der Waals surface area contributed by atoms with E-state index < -0.39 is 6.29 Å². The third-order valence-electron chi connectivity index (χ3n) is 4.16. The minimum atomic E-state index is -0.518. The van der Waals surface area contributed by atoms with Crippen LogP contribution in [0, 0.1) is 12.3 Å². The molecule has 0 amide bonds. The number of fused-ring (bicyclic) bond motifs is 3. The van der Waals surface area contributed by atoms with Crippen LogP contribution in [0.1, 0.15) is 17.5 Å². The third kappa shape index (κ3) is 3.15. The zero-order valence-electron chi connectivity index (χ0n) is 13.5. The van der Waals surface area contributed by atoms with E-state index in [0.29, 0.717) is 6.42 Å². The molecule has 1 aromatic heterocycles. The van der Waals surface area contributed by atoms with Crippen LogP contribution >= 0.6 is 11.6 Å². The molecule has 4 heteroatoms. The zero-order valence-corrected chi connectivity index (χ0v) is 14.2. The summed E-state index contributed by atoms with van der Waals surface area (Å²) < 4.78 is 13.9. The van der Waals surface area contributed by atoms with Crippen molar-refractivity contribution in [1.29, 1.82) is 0 Å². The van der Waals surface area contributed by atoms with Crippen molar-refractivity contribution in [2.75, 3.05) is 6.61 Å². The molecule has 0 saturated carbocycles. The van der Waals surface area contributed by atoms with Gasteiger partial charge in [0.25, 0.3) is 0 Å². The van der Waals surface area contributed by atoms with Gasteiger partial charge in [-0.1, -0.05) is 47.9 Å². The monoisotopic (exact) mass is 349 g/mol. The number of rotatable bonds is 4. The van der Waals surface area contributed by atoms with E-state index >= 15 is 0 Å². The van der Waals surface area contributed by atoms with Crippen molar-refractivity contribution in [2.45, 2.75) is 12.7 Å². The van der Waals surface area contributed by atoms with Gasteiger partial charge in [-0.25, -0.2) is 0 Å². The molecule has 0 bridgehead atoms. The molecule has 0 aliphatic carbocycles. The van der Waals surface area contributed by atoms with E-state index in [-0.39, 0.29) is 6.61 Å². The number of benzene rings is 2. The van der Waals surface area contributed by atoms with Gasteiger partial charge in [-0.15, -0.1) is 6.42 Å². The summed E-state index contributed by atoms with van der Waals surface area (Å²) in [6, 6.07) is 18.0. The van der Waals surface area contributed by atoms with Crippen LogP contribution < -0.4 is 0 Å². The van der Waals surface area contributed by atoms with Gasteiger partial charge in [0.2, 0.25) is 6.29 Å². The van der Waals surface area contributed by atoms with E-state index in [1.807, 2.05) is 42.6 Å². The SMILES string of the molecule is C#CCOC1OC(Cc2ccc(Cl)cc2)=Cn2c1cc1ccccc12. The Bertz CT molecular complexity index is 979. The first-order chi connectivity index (χ1) is 12.2. The average Bonchev–Trinajstić information content (AvgIpc) is 3.01. The fourth-order valence-corrected chi connectivity index (χ4v) is 3.15. The second-order valence-electron chi connectivity index (χ2n) is 5.86. The summed E-state index contributed by atoms with van der Waals surface area (Å²) in [7, 11) is 0. The number of halogens is 1. The maximum absolute atomic E-state index is 6.07. The van der Waals surface area contributed by atoms with Crippen LogP contribution in [0.4, 0.5) is 0 Å². The normalized spacial score (nSPS) is 16.0. The van der Waals surface area contributed by atoms with Crippen LogP contribution in [0.3, 0.4) is 0 Å². The number of allylic oxidation sites excluding steroid dienone is 1. The molecule has 25 heavy (non-hydrogen) atoms. The van der Waals surface area contributed by atoms with Crippen molar-refractivity contribution < 1.29 is 9.47 Å². The molecule has 0 N–H and O–H groups in total. The van der Waals surface area contributed by atoms with Crippen molar-refractivity contribution in [3.8, 4) is 12.3 Å². The molecule has 4 rings (SSSR count). The van der Waals surface area contributed by atoms with E-state index in [2.05, 4.69) is 28.7 Å². The molecule has 3 nitrogen and oxygen atoms in total. The molecule has 1 atom stereocenters. The summed E-state index contributed by atoms with van der Waals surface area (Å²) in [4.78, 5) is 0. The highest BCUT2D eigenvalue weighted by Crippen LogP contribution is 2.34. The second-order valence-corrected chi connectivity index (χ2v) is 6.30. The van der Waals surface area contributed by atoms with E-state index in [1.165, 1.54) is 0 Å². The first kappa shape index (κ1) is 15.8. The minimum Gasteiger partial charge on any atom is -0.461 e. The van der Waals surface area contributed by atoms with Crippen LogP contribution in [0.15, 0.2) is 60.4 Å². The van der Waals surface area contributed by atoms with Gasteiger partial charge in [0.1, 0.15) is 12.4 Å².